The number of hydrogen-bond donors (Lipinski definition) is 2. The van der Waals surface area contributed by atoms with Gasteiger partial charge in [0.1, 0.15) is 29.2 Å². The molecule has 1 saturated carbocycles. The number of nitrogens with zero attached hydrogens (tertiary/aromatic N) is 7. The quantitative estimate of drug-likeness (QED) is 0.160. The van der Waals surface area contributed by atoms with Crippen LogP contribution in [0, 0.1) is 11.3 Å². The summed E-state index contributed by atoms with van der Waals surface area (Å²) < 4.78 is 5.58. The van der Waals surface area contributed by atoms with Gasteiger partial charge in [0.05, 0.1) is 16.5 Å². The average molecular weight is 698 g/mol. The number of piperazine rings is 2. The molecule has 2 aromatic heterocycles. The molecule has 14 heteroatoms. The first-order valence-electron chi connectivity index (χ1n) is 17.2. The number of thiophene rings is 1. The summed E-state index contributed by atoms with van der Waals surface area (Å²) in [5, 5.41) is 14.3. The first-order chi connectivity index (χ1) is 24.1. The molecule has 1 atom stereocenters. The molecule has 2 aliphatic heterocycles. The highest BCUT2D eigenvalue weighted by Gasteiger charge is 2.51. The first kappa shape index (κ1) is 33.6. The summed E-state index contributed by atoms with van der Waals surface area (Å²) in [4.78, 5) is 46.6. The predicted octanol–water partition coefficient (Wildman–Crippen LogP) is 3.80. The van der Waals surface area contributed by atoms with E-state index in [-0.39, 0.29) is 24.1 Å². The molecule has 13 nitrogen and oxygen atoms in total. The third-order valence-corrected chi connectivity index (χ3v) is 11.6. The van der Waals surface area contributed by atoms with Gasteiger partial charge < -0.3 is 40.6 Å². The number of oxime groups is 1. The number of amides is 1. The van der Waals surface area contributed by atoms with E-state index < -0.39 is 11.4 Å². The molecular weight excluding hydrogens is 655 g/mol. The van der Waals surface area contributed by atoms with Crippen LogP contribution in [0.1, 0.15) is 59.9 Å². The monoisotopic (exact) mass is 697 g/mol. The molecule has 2 aliphatic carbocycles. The van der Waals surface area contributed by atoms with Gasteiger partial charge in [-0.15, -0.1) is 11.3 Å². The third-order valence-electron chi connectivity index (χ3n) is 10.5. The minimum atomic E-state index is -1.07. The number of amidine groups is 1. The summed E-state index contributed by atoms with van der Waals surface area (Å²) >= 11 is 1.36. The van der Waals surface area contributed by atoms with Gasteiger partial charge >= 0.3 is 12.1 Å². The van der Waals surface area contributed by atoms with Crippen molar-refractivity contribution < 1.29 is 19.2 Å². The SMILES string of the molecule is CN1CCN(c2cc(N3CCN(C(=O)OCc4ccccc4)CC3)cc(/C(N)=N/OC(=O)C3(C)CCCc4sc(N)c(C#N)c43)n2)C2(CC2)C1. The topological polar surface area (TPSA) is 167 Å². The lowest BCUT2D eigenvalue weighted by atomic mass is 9.72. The second-order valence-corrected chi connectivity index (χ2v) is 15.1. The van der Waals surface area contributed by atoms with E-state index >= 15 is 0 Å². The van der Waals surface area contributed by atoms with Crippen LogP contribution < -0.4 is 21.3 Å². The Morgan fingerprint density at radius 3 is 2.56 bits per heavy atom. The number of nitrogen functional groups attached to an aromatic ring is 1. The summed E-state index contributed by atoms with van der Waals surface area (Å²) in [5.74, 6) is 0.195. The molecule has 3 fully saturated rings. The van der Waals surface area contributed by atoms with Crippen molar-refractivity contribution in [2.75, 3.05) is 68.4 Å². The fourth-order valence-corrected chi connectivity index (χ4v) is 8.75. The van der Waals surface area contributed by atoms with Crippen LogP contribution in [-0.4, -0.2) is 91.1 Å². The molecule has 1 aromatic carbocycles. The van der Waals surface area contributed by atoms with E-state index in [0.717, 1.165) is 67.3 Å². The van der Waals surface area contributed by atoms with Crippen LogP contribution in [0.15, 0.2) is 47.6 Å². The fraction of sp³-hybridized carbons (Fsp3) is 0.472. The molecule has 262 valence electrons. The van der Waals surface area contributed by atoms with Gasteiger partial charge in [-0.2, -0.15) is 5.26 Å². The van der Waals surface area contributed by atoms with Crippen molar-refractivity contribution in [1.82, 2.24) is 14.8 Å². The van der Waals surface area contributed by atoms with Crippen LogP contribution in [0.2, 0.25) is 0 Å². The van der Waals surface area contributed by atoms with Gasteiger partial charge in [-0.05, 0) is 57.7 Å². The molecule has 3 aromatic rings. The van der Waals surface area contributed by atoms with Gasteiger partial charge in [0.2, 0.25) is 0 Å². The lowest BCUT2D eigenvalue weighted by molar-refractivity contribution is -0.150. The molecule has 4 N–H and O–H groups in total. The predicted molar refractivity (Wildman–Crippen MR) is 192 cm³/mol. The van der Waals surface area contributed by atoms with E-state index in [0.29, 0.717) is 54.4 Å². The highest BCUT2D eigenvalue weighted by Crippen LogP contribution is 2.47. The standard InChI is InChI=1S/C36H43N9O4S/c1-35(10-6-9-28-30(35)26(21-37)32(39)50-28)33(46)49-41-31(38)27-19-25(20-29(40-27)45-18-13-42(2)23-36(45)11-12-36)43-14-16-44(17-15-43)34(47)48-22-24-7-4-3-5-8-24/h3-5,7-8,19-20H,6,9-18,22-23,39H2,1-2H3,(H2,38,41). The van der Waals surface area contributed by atoms with Crippen LogP contribution in [0.4, 0.5) is 21.3 Å². The van der Waals surface area contributed by atoms with E-state index in [2.05, 4.69) is 39.0 Å². The minimum Gasteiger partial charge on any atom is -0.445 e. The van der Waals surface area contributed by atoms with Crippen molar-refractivity contribution >= 4 is 45.7 Å². The number of nitriles is 1. The average Bonchev–Trinajstić information content (AvgIpc) is 3.80. The molecular formula is C36H43N9O4S. The zero-order chi connectivity index (χ0) is 35.0. The summed E-state index contributed by atoms with van der Waals surface area (Å²) in [6, 6.07) is 15.8. The largest absolute Gasteiger partial charge is 0.445 e. The number of rotatable bonds is 7. The Morgan fingerprint density at radius 1 is 1.08 bits per heavy atom. The number of pyridine rings is 1. The number of ether oxygens (including phenoxy) is 1. The van der Waals surface area contributed by atoms with Gasteiger partial charge in [0, 0.05) is 68.0 Å². The Labute approximate surface area is 296 Å². The van der Waals surface area contributed by atoms with Gasteiger partial charge in [0.25, 0.3) is 0 Å². The number of anilines is 3. The van der Waals surface area contributed by atoms with Crippen molar-refractivity contribution in [3.05, 3.63) is 69.7 Å². The second-order valence-electron chi connectivity index (χ2n) is 14.0. The number of carbonyl (C=O) groups is 2. The minimum absolute atomic E-state index is 0.0199. The highest BCUT2D eigenvalue weighted by atomic mass is 32.1. The molecule has 0 bridgehead atoms. The molecule has 50 heavy (non-hydrogen) atoms. The number of likely N-dealkylation sites (N-methyl/N-ethyl adjacent to an activating group) is 1. The lowest BCUT2D eigenvalue weighted by Crippen LogP contribution is -2.54. The number of aryl methyl sites for hydroxylation is 1. The van der Waals surface area contributed by atoms with Gasteiger partial charge in [0.15, 0.2) is 5.84 Å². The summed E-state index contributed by atoms with van der Waals surface area (Å²) in [6.45, 7) is 6.88. The number of nitrogens with two attached hydrogens (primary N) is 2. The maximum Gasteiger partial charge on any atom is 0.410 e. The smallest absolute Gasteiger partial charge is 0.410 e. The maximum atomic E-state index is 13.6. The molecule has 0 radical (unpaired) electrons. The number of benzene rings is 1. The lowest BCUT2D eigenvalue weighted by Gasteiger charge is -2.42. The number of carbonyl (C=O) groups excluding carboxylic acids is 2. The summed E-state index contributed by atoms with van der Waals surface area (Å²) in [7, 11) is 2.15. The van der Waals surface area contributed by atoms with Crippen molar-refractivity contribution in [2.24, 2.45) is 10.9 Å². The number of aromatic nitrogens is 1. The van der Waals surface area contributed by atoms with Crippen LogP contribution in [-0.2, 0) is 32.8 Å². The van der Waals surface area contributed by atoms with E-state index in [1.807, 2.05) is 36.4 Å². The zero-order valence-electron chi connectivity index (χ0n) is 28.6. The summed E-state index contributed by atoms with van der Waals surface area (Å²) in [5.41, 5.74) is 14.9. The van der Waals surface area contributed by atoms with Crippen molar-refractivity contribution in [1.29, 1.82) is 5.26 Å². The molecule has 7 rings (SSSR count). The van der Waals surface area contributed by atoms with Crippen molar-refractivity contribution in [2.45, 2.75) is 56.6 Å². The Bertz CT molecular complexity index is 1850. The van der Waals surface area contributed by atoms with E-state index in [1.165, 1.54) is 11.3 Å². The van der Waals surface area contributed by atoms with Crippen LogP contribution in [0.3, 0.4) is 0 Å². The van der Waals surface area contributed by atoms with E-state index in [1.54, 1.807) is 11.8 Å². The Morgan fingerprint density at radius 2 is 1.84 bits per heavy atom. The molecule has 1 spiro atoms. The second kappa shape index (κ2) is 13.4. The Balaban J connectivity index is 1.11. The highest BCUT2D eigenvalue weighted by molar-refractivity contribution is 7.16. The third kappa shape index (κ3) is 6.43. The molecule has 2 saturated heterocycles. The van der Waals surface area contributed by atoms with Crippen LogP contribution in [0.25, 0.3) is 0 Å². The molecule has 1 unspecified atom stereocenters. The van der Waals surface area contributed by atoms with E-state index in [4.69, 9.17) is 26.0 Å². The summed E-state index contributed by atoms with van der Waals surface area (Å²) in [6.07, 6.45) is 3.87. The van der Waals surface area contributed by atoms with Gasteiger partial charge in [-0.3, -0.25) is 0 Å². The van der Waals surface area contributed by atoms with Crippen molar-refractivity contribution in [3.63, 3.8) is 0 Å². The van der Waals surface area contributed by atoms with Gasteiger partial charge in [-0.1, -0.05) is 35.5 Å². The number of hydrogen-bond acceptors (Lipinski definition) is 12. The number of fused-ring (bicyclic) bond motifs is 1. The van der Waals surface area contributed by atoms with Crippen molar-refractivity contribution in [3.8, 4) is 6.07 Å². The van der Waals surface area contributed by atoms with Crippen LogP contribution >= 0.6 is 11.3 Å². The molecule has 4 aliphatic rings. The fourth-order valence-electron chi connectivity index (χ4n) is 7.55. The normalized spacial score (nSPS) is 21.8. The molecule has 4 heterocycles. The molecule has 1 amide bonds. The zero-order valence-corrected chi connectivity index (χ0v) is 29.4. The maximum absolute atomic E-state index is 13.6. The Hall–Kier alpha value is -4.87. The Kier molecular flexibility index (Phi) is 9.04. The van der Waals surface area contributed by atoms with Crippen LogP contribution in [0.5, 0.6) is 0 Å². The van der Waals surface area contributed by atoms with Gasteiger partial charge in [-0.25, -0.2) is 14.6 Å². The van der Waals surface area contributed by atoms with E-state index in [9.17, 15) is 14.9 Å². The first-order valence-corrected chi connectivity index (χ1v) is 18.0.